The molecule has 0 aliphatic rings. The fourth-order valence-electron chi connectivity index (χ4n) is 1.36. The van der Waals surface area contributed by atoms with Crippen LogP contribution in [0, 0.1) is 0 Å². The van der Waals surface area contributed by atoms with Crippen LogP contribution >= 0.6 is 7.26 Å². The van der Waals surface area contributed by atoms with Crippen molar-refractivity contribution in [1.82, 2.24) is 0 Å². The zero-order chi connectivity index (χ0) is 10.5. The Morgan fingerprint density at radius 1 is 0.846 bits per heavy atom. The van der Waals surface area contributed by atoms with Gasteiger partial charge in [-0.1, -0.05) is 0 Å². The minimum absolute atomic E-state index is 0.0563. The molecule has 4 nitrogen and oxygen atoms in total. The van der Waals surface area contributed by atoms with Gasteiger partial charge in [-0.25, -0.2) is 0 Å². The van der Waals surface area contributed by atoms with Gasteiger partial charge in [-0.3, -0.25) is 0 Å². The molecule has 0 aromatic carbocycles. The molecule has 2 unspecified atom stereocenters. The highest BCUT2D eigenvalue weighted by Gasteiger charge is 2.47. The van der Waals surface area contributed by atoms with Crippen LogP contribution in [0.1, 0.15) is 13.8 Å². The van der Waals surface area contributed by atoms with Crippen molar-refractivity contribution in [3.63, 3.8) is 0 Å². The molecule has 5 heteroatoms. The number of hydrogen-bond acceptors (Lipinski definition) is 4. The first-order valence-electron chi connectivity index (χ1n) is 4.38. The second-order valence-corrected chi connectivity index (χ2v) is 7.98. The van der Waals surface area contributed by atoms with Crippen LogP contribution in [0.15, 0.2) is 0 Å². The van der Waals surface area contributed by atoms with Crippen LogP contribution in [-0.4, -0.2) is 57.7 Å². The molecule has 0 aromatic rings. The van der Waals surface area contributed by atoms with Crippen LogP contribution in [0.4, 0.5) is 0 Å². The van der Waals surface area contributed by atoms with Crippen LogP contribution in [0.25, 0.3) is 0 Å². The molecule has 0 amide bonds. The van der Waals surface area contributed by atoms with E-state index in [1.54, 1.807) is 13.8 Å². The largest absolute Gasteiger partial charge is 0.392 e. The molecule has 0 aliphatic carbocycles. The summed E-state index contributed by atoms with van der Waals surface area (Å²) in [5.41, 5.74) is -0.241. The van der Waals surface area contributed by atoms with Gasteiger partial charge in [-0.2, -0.15) is 0 Å². The Bertz CT molecular complexity index is 126. The first-order chi connectivity index (χ1) is 6.08. The second kappa shape index (κ2) is 5.89. The summed E-state index contributed by atoms with van der Waals surface area (Å²) in [6.45, 7) is 3.48. The van der Waals surface area contributed by atoms with E-state index in [0.29, 0.717) is 0 Å². The van der Waals surface area contributed by atoms with Crippen LogP contribution in [0.2, 0.25) is 0 Å². The number of aliphatic hydroxyl groups is 4. The summed E-state index contributed by atoms with van der Waals surface area (Å²) in [6, 6.07) is 0. The zero-order valence-corrected chi connectivity index (χ0v) is 9.11. The third kappa shape index (κ3) is 2.61. The Balaban J connectivity index is 4.67. The van der Waals surface area contributed by atoms with Gasteiger partial charge in [0.1, 0.15) is 0 Å². The third-order valence-electron chi connectivity index (χ3n) is 2.81. The first kappa shape index (κ1) is 13.3. The number of hydrogen-bond donors (Lipinski definition) is 4. The quantitative estimate of drug-likeness (QED) is 0.453. The van der Waals surface area contributed by atoms with Crippen molar-refractivity contribution < 1.29 is 20.4 Å². The van der Waals surface area contributed by atoms with Gasteiger partial charge in [-0.15, -0.1) is 0 Å². The molecule has 0 bridgehead atoms. The lowest BCUT2D eigenvalue weighted by Crippen LogP contribution is -2.29. The lowest BCUT2D eigenvalue weighted by Gasteiger charge is -2.32. The van der Waals surface area contributed by atoms with Gasteiger partial charge in [0, 0.05) is 0 Å². The summed E-state index contributed by atoms with van der Waals surface area (Å²) in [6.07, 6.45) is -0.236. The Morgan fingerprint density at radius 3 is 1.31 bits per heavy atom. The van der Waals surface area contributed by atoms with Crippen molar-refractivity contribution in [2.45, 2.75) is 25.2 Å². The Hall–Kier alpha value is 0.270. The van der Waals surface area contributed by atoms with Gasteiger partial charge in [0.15, 0.2) is 12.7 Å². The zero-order valence-electron chi connectivity index (χ0n) is 8.22. The minimum Gasteiger partial charge on any atom is -0.392 e. The van der Waals surface area contributed by atoms with Crippen molar-refractivity contribution in [3.8, 4) is 0 Å². The maximum Gasteiger partial charge on any atom is 0.157 e. The molecular formula is C8H20O4P+. The lowest BCUT2D eigenvalue weighted by molar-refractivity contribution is 0.270. The Labute approximate surface area is 79.6 Å². The van der Waals surface area contributed by atoms with E-state index in [2.05, 4.69) is 0 Å². The maximum absolute atomic E-state index is 9.25. The highest BCUT2D eigenvalue weighted by atomic mass is 31.2. The molecule has 0 saturated carbocycles. The van der Waals surface area contributed by atoms with Crippen molar-refractivity contribution in [2.75, 3.05) is 25.9 Å². The van der Waals surface area contributed by atoms with Gasteiger partial charge in [0.05, 0.1) is 31.8 Å². The number of aliphatic hydroxyl groups excluding tert-OH is 4. The second-order valence-electron chi connectivity index (χ2n) is 3.45. The van der Waals surface area contributed by atoms with Gasteiger partial charge < -0.3 is 20.4 Å². The van der Waals surface area contributed by atoms with E-state index >= 15 is 0 Å². The average Bonchev–Trinajstić information content (AvgIpc) is 2.19. The highest BCUT2D eigenvalue weighted by molar-refractivity contribution is 7.76. The van der Waals surface area contributed by atoms with Gasteiger partial charge in [-0.05, 0) is 13.8 Å². The van der Waals surface area contributed by atoms with Crippen molar-refractivity contribution in [3.05, 3.63) is 0 Å². The number of rotatable bonds is 6. The Morgan fingerprint density at radius 2 is 1.15 bits per heavy atom. The highest BCUT2D eigenvalue weighted by Crippen LogP contribution is 2.64. The summed E-state index contributed by atoms with van der Waals surface area (Å²) in [7, 11) is -2.03. The summed E-state index contributed by atoms with van der Waals surface area (Å²) >= 11 is 0. The predicted octanol–water partition coefficient (Wildman–Crippen LogP) is -0.335. The molecule has 13 heavy (non-hydrogen) atoms. The SMILES string of the molecule is CC(CO)[P+](CO)(CO)C(C)CO. The molecule has 0 spiro atoms. The standard InChI is InChI=1S/C8H20O4P/c1-7(3-9)13(5-11,6-12)8(2)4-10/h7-12H,3-6H2,1-2H3/q+1. The fraction of sp³-hybridized carbons (Fsp3) is 1.00. The predicted molar refractivity (Wildman–Crippen MR) is 54.2 cm³/mol. The van der Waals surface area contributed by atoms with Gasteiger partial charge in [0.25, 0.3) is 0 Å². The van der Waals surface area contributed by atoms with Crippen LogP contribution in [0.3, 0.4) is 0 Å². The summed E-state index contributed by atoms with van der Waals surface area (Å²) in [5, 5.41) is 36.5. The average molecular weight is 211 g/mol. The monoisotopic (exact) mass is 211 g/mol. The normalized spacial score (nSPS) is 17.1. The molecular weight excluding hydrogens is 191 g/mol. The molecule has 2 atom stereocenters. The fourth-order valence-corrected chi connectivity index (χ4v) is 4.09. The van der Waals surface area contributed by atoms with Gasteiger partial charge in [0.2, 0.25) is 0 Å². The molecule has 0 rings (SSSR count). The molecule has 0 saturated heterocycles. The van der Waals surface area contributed by atoms with Gasteiger partial charge >= 0.3 is 0 Å². The molecule has 0 aliphatic heterocycles. The summed E-state index contributed by atoms with van der Waals surface area (Å²) in [5.74, 6) is 0. The molecule has 80 valence electrons. The molecule has 4 N–H and O–H groups in total. The minimum atomic E-state index is -2.03. The van der Waals surface area contributed by atoms with E-state index in [1.807, 2.05) is 0 Å². The topological polar surface area (TPSA) is 80.9 Å². The van der Waals surface area contributed by atoms with Crippen LogP contribution in [0.5, 0.6) is 0 Å². The van der Waals surface area contributed by atoms with E-state index in [0.717, 1.165) is 0 Å². The molecule has 0 aromatic heterocycles. The van der Waals surface area contributed by atoms with E-state index in [-0.39, 0.29) is 37.2 Å². The van der Waals surface area contributed by atoms with Crippen molar-refractivity contribution in [1.29, 1.82) is 0 Å². The van der Waals surface area contributed by atoms with E-state index in [9.17, 15) is 10.2 Å². The summed E-state index contributed by atoms with van der Waals surface area (Å²) < 4.78 is 0. The van der Waals surface area contributed by atoms with Crippen LogP contribution in [-0.2, 0) is 0 Å². The van der Waals surface area contributed by atoms with Crippen LogP contribution < -0.4 is 0 Å². The smallest absolute Gasteiger partial charge is 0.157 e. The van der Waals surface area contributed by atoms with E-state index < -0.39 is 7.26 Å². The molecule has 0 fully saturated rings. The van der Waals surface area contributed by atoms with E-state index in [4.69, 9.17) is 10.2 Å². The summed E-state index contributed by atoms with van der Waals surface area (Å²) in [4.78, 5) is 0. The lowest BCUT2D eigenvalue weighted by atomic mass is 10.5. The van der Waals surface area contributed by atoms with Crippen molar-refractivity contribution >= 4 is 7.26 Å². The maximum atomic E-state index is 9.25. The molecule has 0 radical (unpaired) electrons. The van der Waals surface area contributed by atoms with E-state index in [1.165, 1.54) is 0 Å². The first-order valence-corrected chi connectivity index (χ1v) is 6.68. The van der Waals surface area contributed by atoms with Crippen molar-refractivity contribution in [2.24, 2.45) is 0 Å². The molecule has 0 heterocycles. The Kier molecular flexibility index (Phi) is 6.01. The third-order valence-corrected chi connectivity index (χ3v) is 7.70.